The van der Waals surface area contributed by atoms with Crippen molar-refractivity contribution in [2.24, 2.45) is 0 Å². The number of aryl methyl sites for hydroxylation is 1. The maximum Gasteiger partial charge on any atom is 0.181 e. The van der Waals surface area contributed by atoms with Crippen molar-refractivity contribution in [2.45, 2.75) is 12.8 Å². The number of hydrogen-bond donors (Lipinski definition) is 0. The van der Waals surface area contributed by atoms with Gasteiger partial charge in [-0.15, -0.1) is 0 Å². The molecule has 1 aliphatic rings. The molecular formula is C8H7NO. The average molecular weight is 133 g/mol. The van der Waals surface area contributed by atoms with Gasteiger partial charge in [0.1, 0.15) is 5.69 Å². The Morgan fingerprint density at radius 3 is 3.10 bits per heavy atom. The van der Waals surface area contributed by atoms with Crippen LogP contribution < -0.4 is 0 Å². The van der Waals surface area contributed by atoms with Crippen molar-refractivity contribution in [3.63, 3.8) is 0 Å². The molecule has 0 bridgehead atoms. The Bertz CT molecular complexity index is 280. The molecule has 0 spiro atoms. The minimum Gasteiger partial charge on any atom is -0.292 e. The molecule has 2 nitrogen and oxygen atoms in total. The van der Waals surface area contributed by atoms with Gasteiger partial charge in [-0.05, 0) is 18.1 Å². The number of hydrogen-bond acceptors (Lipinski definition) is 2. The van der Waals surface area contributed by atoms with E-state index in [0.717, 1.165) is 12.0 Å². The Morgan fingerprint density at radius 2 is 2.30 bits per heavy atom. The van der Waals surface area contributed by atoms with E-state index in [2.05, 4.69) is 4.98 Å². The van der Waals surface area contributed by atoms with Gasteiger partial charge in [-0.1, -0.05) is 6.07 Å². The van der Waals surface area contributed by atoms with Crippen LogP contribution in [0, 0.1) is 0 Å². The molecule has 1 aliphatic carbocycles. The Morgan fingerprint density at radius 1 is 1.40 bits per heavy atom. The Hall–Kier alpha value is -1.18. The molecule has 0 aromatic carbocycles. The van der Waals surface area contributed by atoms with Gasteiger partial charge in [-0.3, -0.25) is 9.78 Å². The number of nitrogens with zero attached hydrogens (tertiary/aromatic N) is 1. The summed E-state index contributed by atoms with van der Waals surface area (Å²) in [6.07, 6.45) is 3.19. The molecule has 0 unspecified atom stereocenters. The number of aromatic nitrogens is 1. The molecule has 0 radical (unpaired) electrons. The highest BCUT2D eigenvalue weighted by Gasteiger charge is 2.19. The molecule has 0 saturated heterocycles. The normalized spacial score (nSPS) is 15.4. The van der Waals surface area contributed by atoms with Gasteiger partial charge in [-0.25, -0.2) is 0 Å². The van der Waals surface area contributed by atoms with Crippen molar-refractivity contribution in [1.82, 2.24) is 4.98 Å². The number of Topliss-reactive ketones (excluding diaryl/α,β-unsaturated/α-hetero) is 1. The highest BCUT2D eigenvalue weighted by Crippen LogP contribution is 2.17. The van der Waals surface area contributed by atoms with Crippen LogP contribution in [0.3, 0.4) is 0 Å². The lowest BCUT2D eigenvalue weighted by Crippen LogP contribution is -1.93. The van der Waals surface area contributed by atoms with E-state index in [-0.39, 0.29) is 5.78 Å². The molecule has 50 valence electrons. The summed E-state index contributed by atoms with van der Waals surface area (Å²) in [5.74, 6) is 0.190. The molecule has 0 atom stereocenters. The minimum atomic E-state index is 0.190. The van der Waals surface area contributed by atoms with E-state index in [4.69, 9.17) is 0 Å². The summed E-state index contributed by atoms with van der Waals surface area (Å²) in [5.41, 5.74) is 1.79. The maximum atomic E-state index is 11.0. The van der Waals surface area contributed by atoms with Gasteiger partial charge < -0.3 is 0 Å². The zero-order valence-corrected chi connectivity index (χ0v) is 5.50. The molecule has 0 saturated carbocycles. The molecule has 1 aromatic rings. The molecular weight excluding hydrogens is 126 g/mol. The van der Waals surface area contributed by atoms with E-state index in [9.17, 15) is 4.79 Å². The first-order valence-corrected chi connectivity index (χ1v) is 3.35. The number of fused-ring (bicyclic) bond motifs is 1. The topological polar surface area (TPSA) is 30.0 Å². The Kier molecular flexibility index (Phi) is 1.07. The van der Waals surface area contributed by atoms with Gasteiger partial charge in [0.05, 0.1) is 0 Å². The summed E-state index contributed by atoms with van der Waals surface area (Å²) in [7, 11) is 0. The van der Waals surface area contributed by atoms with Crippen molar-refractivity contribution < 1.29 is 4.79 Å². The summed E-state index contributed by atoms with van der Waals surface area (Å²) < 4.78 is 0. The van der Waals surface area contributed by atoms with Gasteiger partial charge in [0.2, 0.25) is 0 Å². The van der Waals surface area contributed by atoms with Gasteiger partial charge in [0.25, 0.3) is 0 Å². The van der Waals surface area contributed by atoms with Crippen molar-refractivity contribution in [1.29, 1.82) is 0 Å². The molecule has 2 rings (SSSR count). The first-order chi connectivity index (χ1) is 4.88. The minimum absolute atomic E-state index is 0.190. The standard InChI is InChI=1S/C8H7NO/c10-7-4-3-6-2-1-5-9-8(6)7/h1-2,5H,3-4H2. The summed E-state index contributed by atoms with van der Waals surface area (Å²) in [5, 5.41) is 0. The lowest BCUT2D eigenvalue weighted by Gasteiger charge is -1.91. The average Bonchev–Trinajstić information content (AvgIpc) is 2.34. The second-order valence-electron chi connectivity index (χ2n) is 2.43. The van der Waals surface area contributed by atoms with Crippen LogP contribution in [0.5, 0.6) is 0 Å². The number of pyridine rings is 1. The van der Waals surface area contributed by atoms with E-state index in [1.807, 2.05) is 12.1 Å². The van der Waals surface area contributed by atoms with E-state index < -0.39 is 0 Å². The molecule has 1 aromatic heterocycles. The van der Waals surface area contributed by atoms with Crippen LogP contribution in [0.25, 0.3) is 0 Å². The Balaban J connectivity index is 2.61. The van der Waals surface area contributed by atoms with Crippen LogP contribution in [0.2, 0.25) is 0 Å². The lowest BCUT2D eigenvalue weighted by atomic mass is 10.2. The highest BCUT2D eigenvalue weighted by molar-refractivity contribution is 5.98. The van der Waals surface area contributed by atoms with Crippen molar-refractivity contribution in [2.75, 3.05) is 0 Å². The van der Waals surface area contributed by atoms with E-state index in [0.29, 0.717) is 12.1 Å². The molecule has 1 heterocycles. The molecule has 10 heavy (non-hydrogen) atoms. The monoisotopic (exact) mass is 133 g/mol. The Labute approximate surface area is 58.9 Å². The van der Waals surface area contributed by atoms with E-state index in [1.54, 1.807) is 6.20 Å². The maximum absolute atomic E-state index is 11.0. The van der Waals surface area contributed by atoms with Crippen LogP contribution in [0.4, 0.5) is 0 Å². The predicted octanol–water partition coefficient (Wildman–Crippen LogP) is 1.21. The van der Waals surface area contributed by atoms with Gasteiger partial charge in [0, 0.05) is 12.6 Å². The third-order valence-corrected chi connectivity index (χ3v) is 1.78. The SMILES string of the molecule is O=C1CCc2cccnc21. The fourth-order valence-corrected chi connectivity index (χ4v) is 1.26. The van der Waals surface area contributed by atoms with Crippen LogP contribution in [0.15, 0.2) is 18.3 Å². The van der Waals surface area contributed by atoms with Crippen LogP contribution >= 0.6 is 0 Å². The zero-order valence-electron chi connectivity index (χ0n) is 5.50. The highest BCUT2D eigenvalue weighted by atomic mass is 16.1. The third-order valence-electron chi connectivity index (χ3n) is 1.78. The van der Waals surface area contributed by atoms with Gasteiger partial charge in [0.15, 0.2) is 5.78 Å². The first kappa shape index (κ1) is 5.59. The molecule has 0 amide bonds. The van der Waals surface area contributed by atoms with Gasteiger partial charge >= 0.3 is 0 Å². The second-order valence-corrected chi connectivity index (χ2v) is 2.43. The fraction of sp³-hybridized carbons (Fsp3) is 0.250. The summed E-state index contributed by atoms with van der Waals surface area (Å²) >= 11 is 0. The smallest absolute Gasteiger partial charge is 0.181 e. The molecule has 0 N–H and O–H groups in total. The van der Waals surface area contributed by atoms with Gasteiger partial charge in [-0.2, -0.15) is 0 Å². The van der Waals surface area contributed by atoms with E-state index >= 15 is 0 Å². The number of carbonyl (C=O) groups is 1. The third kappa shape index (κ3) is 0.652. The number of carbonyl (C=O) groups excluding carboxylic acids is 1. The summed E-state index contributed by atoms with van der Waals surface area (Å²) in [4.78, 5) is 15.0. The molecule has 0 fully saturated rings. The largest absolute Gasteiger partial charge is 0.292 e. The first-order valence-electron chi connectivity index (χ1n) is 3.35. The van der Waals surface area contributed by atoms with Crippen LogP contribution in [-0.4, -0.2) is 10.8 Å². The zero-order chi connectivity index (χ0) is 6.97. The summed E-state index contributed by atoms with van der Waals surface area (Å²) in [6, 6.07) is 3.84. The van der Waals surface area contributed by atoms with E-state index in [1.165, 1.54) is 0 Å². The van der Waals surface area contributed by atoms with Crippen LogP contribution in [0.1, 0.15) is 22.5 Å². The summed E-state index contributed by atoms with van der Waals surface area (Å²) in [6.45, 7) is 0. The predicted molar refractivity (Wildman–Crippen MR) is 36.9 cm³/mol. The number of ketones is 1. The van der Waals surface area contributed by atoms with Crippen LogP contribution in [-0.2, 0) is 6.42 Å². The number of rotatable bonds is 0. The van der Waals surface area contributed by atoms with Crippen molar-refractivity contribution in [3.8, 4) is 0 Å². The second kappa shape index (κ2) is 1.90. The van der Waals surface area contributed by atoms with Crippen molar-refractivity contribution in [3.05, 3.63) is 29.6 Å². The molecule has 0 aliphatic heterocycles. The molecule has 2 heteroatoms. The fourth-order valence-electron chi connectivity index (χ4n) is 1.26. The van der Waals surface area contributed by atoms with Crippen molar-refractivity contribution >= 4 is 5.78 Å². The quantitative estimate of drug-likeness (QED) is 0.532. The lowest BCUT2D eigenvalue weighted by molar-refractivity contribution is 0.0990.